The number of rotatable bonds is 3. The molecule has 0 bridgehead atoms. The Balaban J connectivity index is 2.20. The van der Waals surface area contributed by atoms with Gasteiger partial charge in [-0.25, -0.2) is 8.42 Å². The number of ketones is 1. The number of allylic oxidation sites excluding steroid dienone is 4. The van der Waals surface area contributed by atoms with E-state index in [0.717, 1.165) is 6.42 Å². The maximum Gasteiger partial charge on any atom is 0.316 e. The summed E-state index contributed by atoms with van der Waals surface area (Å²) in [5.41, 5.74) is -0.723. The number of benzene rings is 1. The molecular weight excluding hydrogens is 364 g/mol. The highest BCUT2D eigenvalue weighted by Gasteiger charge is 2.53. The number of esters is 1. The van der Waals surface area contributed by atoms with Crippen LogP contribution in [0.5, 0.6) is 0 Å². The Kier molecular flexibility index (Phi) is 5.38. The van der Waals surface area contributed by atoms with Gasteiger partial charge in [0.2, 0.25) is 0 Å². The predicted octanol–water partition coefficient (Wildman–Crippen LogP) is 3.12. The number of fused-ring (bicyclic) bond motifs is 1. The van der Waals surface area contributed by atoms with Crippen molar-refractivity contribution in [3.63, 3.8) is 0 Å². The van der Waals surface area contributed by atoms with Crippen molar-refractivity contribution in [3.8, 4) is 0 Å². The van der Waals surface area contributed by atoms with Crippen molar-refractivity contribution in [1.29, 1.82) is 0 Å². The Bertz CT molecular complexity index is 884. The minimum atomic E-state index is -3.74. The Labute approximate surface area is 160 Å². The van der Waals surface area contributed by atoms with Crippen LogP contribution in [0.1, 0.15) is 26.2 Å². The summed E-state index contributed by atoms with van der Waals surface area (Å²) in [6.07, 6.45) is 8.87. The van der Waals surface area contributed by atoms with Gasteiger partial charge < -0.3 is 4.74 Å². The third-order valence-corrected chi connectivity index (χ3v) is 7.91. The van der Waals surface area contributed by atoms with E-state index in [-0.39, 0.29) is 4.90 Å². The van der Waals surface area contributed by atoms with Gasteiger partial charge in [-0.05, 0) is 37.5 Å². The van der Waals surface area contributed by atoms with Crippen molar-refractivity contribution in [2.75, 3.05) is 7.11 Å². The summed E-state index contributed by atoms with van der Waals surface area (Å²) in [4.78, 5) is 25.3. The SMILES string of the molecule is COC(=O)[C@@H]1C(=O)C=C[C@@]2(C)/C=C\CCC[C@@H](S(=O)(=O)c3ccccc3)[C@@H]12. The van der Waals surface area contributed by atoms with Crippen LogP contribution in [0, 0.1) is 17.3 Å². The minimum Gasteiger partial charge on any atom is -0.468 e. The number of methoxy groups -OCH3 is 1. The summed E-state index contributed by atoms with van der Waals surface area (Å²) >= 11 is 0. The zero-order valence-corrected chi connectivity index (χ0v) is 16.3. The van der Waals surface area contributed by atoms with E-state index in [4.69, 9.17) is 4.74 Å². The normalized spacial score (nSPS) is 32.1. The molecule has 0 aromatic heterocycles. The Morgan fingerprint density at radius 1 is 1.19 bits per heavy atom. The number of hydrogen-bond donors (Lipinski definition) is 0. The number of carbonyl (C=O) groups excluding carboxylic acids is 2. The van der Waals surface area contributed by atoms with Crippen molar-refractivity contribution >= 4 is 21.6 Å². The van der Waals surface area contributed by atoms with Gasteiger partial charge in [0.05, 0.1) is 17.3 Å². The van der Waals surface area contributed by atoms with E-state index in [9.17, 15) is 18.0 Å². The zero-order valence-electron chi connectivity index (χ0n) is 15.5. The van der Waals surface area contributed by atoms with Crippen LogP contribution in [-0.4, -0.2) is 32.5 Å². The molecule has 5 nitrogen and oxygen atoms in total. The molecule has 0 spiro atoms. The van der Waals surface area contributed by atoms with Gasteiger partial charge in [-0.3, -0.25) is 9.59 Å². The summed E-state index contributed by atoms with van der Waals surface area (Å²) < 4.78 is 31.9. The zero-order chi connectivity index (χ0) is 19.7. The molecule has 0 saturated heterocycles. The van der Waals surface area contributed by atoms with Crippen LogP contribution < -0.4 is 0 Å². The first kappa shape index (κ1) is 19.5. The molecular formula is C21H24O5S. The van der Waals surface area contributed by atoms with Crippen molar-refractivity contribution in [3.05, 3.63) is 54.6 Å². The summed E-state index contributed by atoms with van der Waals surface area (Å²) in [6.45, 7) is 1.88. The average Bonchev–Trinajstić information content (AvgIpc) is 2.65. The van der Waals surface area contributed by atoms with Crippen LogP contribution in [0.2, 0.25) is 0 Å². The second-order valence-corrected chi connectivity index (χ2v) is 9.53. The largest absolute Gasteiger partial charge is 0.468 e. The molecule has 0 aliphatic heterocycles. The van der Waals surface area contributed by atoms with Gasteiger partial charge in [0.25, 0.3) is 0 Å². The molecule has 0 saturated carbocycles. The lowest BCUT2D eigenvalue weighted by molar-refractivity contribution is -0.152. The highest BCUT2D eigenvalue weighted by Crippen LogP contribution is 2.47. The summed E-state index contributed by atoms with van der Waals surface area (Å²) in [7, 11) is -2.51. The Morgan fingerprint density at radius 2 is 1.89 bits per heavy atom. The monoisotopic (exact) mass is 388 g/mol. The average molecular weight is 388 g/mol. The highest BCUT2D eigenvalue weighted by atomic mass is 32.2. The highest BCUT2D eigenvalue weighted by molar-refractivity contribution is 7.92. The van der Waals surface area contributed by atoms with Gasteiger partial charge in [0.1, 0.15) is 5.92 Å². The molecule has 0 radical (unpaired) electrons. The van der Waals surface area contributed by atoms with Crippen molar-refractivity contribution in [2.45, 2.75) is 36.3 Å². The van der Waals surface area contributed by atoms with Crippen LogP contribution in [0.15, 0.2) is 59.5 Å². The van der Waals surface area contributed by atoms with E-state index >= 15 is 0 Å². The van der Waals surface area contributed by atoms with Crippen molar-refractivity contribution in [2.24, 2.45) is 17.3 Å². The molecule has 2 aliphatic rings. The number of carbonyl (C=O) groups is 2. The fraction of sp³-hybridized carbons (Fsp3) is 0.429. The van der Waals surface area contributed by atoms with Crippen LogP contribution in [0.25, 0.3) is 0 Å². The summed E-state index contributed by atoms with van der Waals surface area (Å²) in [5, 5.41) is -0.854. The van der Waals surface area contributed by atoms with Gasteiger partial charge in [-0.1, -0.05) is 43.4 Å². The van der Waals surface area contributed by atoms with Gasteiger partial charge in [0.15, 0.2) is 15.6 Å². The van der Waals surface area contributed by atoms with E-state index in [2.05, 4.69) is 0 Å². The van der Waals surface area contributed by atoms with Gasteiger partial charge >= 0.3 is 5.97 Å². The van der Waals surface area contributed by atoms with Crippen molar-refractivity contribution < 1.29 is 22.7 Å². The fourth-order valence-corrected chi connectivity index (χ4v) is 6.47. The van der Waals surface area contributed by atoms with Crippen molar-refractivity contribution in [1.82, 2.24) is 0 Å². The van der Waals surface area contributed by atoms with Crippen LogP contribution in [0.4, 0.5) is 0 Å². The van der Waals surface area contributed by atoms with Crippen LogP contribution in [0.3, 0.4) is 0 Å². The van der Waals surface area contributed by atoms with Crippen LogP contribution in [-0.2, 0) is 24.2 Å². The van der Waals surface area contributed by atoms with E-state index in [0.29, 0.717) is 12.8 Å². The first-order valence-corrected chi connectivity index (χ1v) is 10.6. The number of ether oxygens (including phenoxy) is 1. The quantitative estimate of drug-likeness (QED) is 0.452. The molecule has 0 N–H and O–H groups in total. The second-order valence-electron chi connectivity index (χ2n) is 7.36. The molecule has 1 aromatic carbocycles. The standard InChI is InChI=1S/C21H24O5S/c1-21-13-8-4-7-11-17(27(24,25)15-9-5-3-6-10-15)19(21)18(20(23)26-2)16(22)12-14-21/h3,5-6,8-10,12-14,17-19H,4,7,11H2,1-2H3/b13-8-/t17-,18-,19+,21-/m1/s1. The summed E-state index contributed by atoms with van der Waals surface area (Å²) in [6, 6.07) is 8.25. The van der Waals surface area contributed by atoms with Gasteiger partial charge in [-0.15, -0.1) is 0 Å². The Hall–Kier alpha value is -2.21. The molecule has 27 heavy (non-hydrogen) atoms. The molecule has 0 heterocycles. The third kappa shape index (κ3) is 3.50. The maximum atomic E-state index is 13.5. The molecule has 144 valence electrons. The van der Waals surface area contributed by atoms with E-state index in [1.807, 2.05) is 19.1 Å². The predicted molar refractivity (Wildman–Crippen MR) is 102 cm³/mol. The topological polar surface area (TPSA) is 77.5 Å². The second kappa shape index (κ2) is 7.43. The molecule has 0 unspecified atom stereocenters. The van der Waals surface area contributed by atoms with E-state index < -0.39 is 44.1 Å². The third-order valence-electron chi connectivity index (χ3n) is 5.65. The fourth-order valence-electron chi connectivity index (χ4n) is 4.27. The smallest absolute Gasteiger partial charge is 0.316 e. The van der Waals surface area contributed by atoms with Crippen LogP contribution >= 0.6 is 0 Å². The molecule has 0 fully saturated rings. The van der Waals surface area contributed by atoms with E-state index in [1.165, 1.54) is 13.2 Å². The maximum absolute atomic E-state index is 13.5. The first-order chi connectivity index (χ1) is 12.8. The Morgan fingerprint density at radius 3 is 2.56 bits per heavy atom. The number of sulfone groups is 1. The molecule has 4 atom stereocenters. The molecule has 6 heteroatoms. The minimum absolute atomic E-state index is 0.215. The lowest BCUT2D eigenvalue weighted by atomic mass is 9.63. The lowest BCUT2D eigenvalue weighted by Gasteiger charge is -2.44. The van der Waals surface area contributed by atoms with Gasteiger partial charge in [0, 0.05) is 11.3 Å². The molecule has 1 aromatic rings. The molecule has 0 amide bonds. The summed E-state index contributed by atoms with van der Waals surface area (Å²) in [5.74, 6) is -2.92. The molecule has 3 rings (SSSR count). The van der Waals surface area contributed by atoms with Gasteiger partial charge in [-0.2, -0.15) is 0 Å². The number of hydrogen-bond acceptors (Lipinski definition) is 5. The molecule has 2 aliphatic carbocycles. The van der Waals surface area contributed by atoms with E-state index in [1.54, 1.807) is 36.4 Å². The lowest BCUT2D eigenvalue weighted by Crippen LogP contribution is -2.51. The first-order valence-electron chi connectivity index (χ1n) is 9.09.